The zero-order valence-corrected chi connectivity index (χ0v) is 14.2. The van der Waals surface area contributed by atoms with Gasteiger partial charge >= 0.3 is 0 Å². The molecular weight excluding hydrogens is 324 g/mol. The van der Waals surface area contributed by atoms with Crippen LogP contribution in [-0.4, -0.2) is 61.1 Å². The molecule has 8 nitrogen and oxygen atoms in total. The van der Waals surface area contributed by atoms with E-state index in [9.17, 15) is 13.2 Å². The lowest BCUT2D eigenvalue weighted by Gasteiger charge is -2.10. The van der Waals surface area contributed by atoms with Crippen LogP contribution in [-0.2, 0) is 14.8 Å². The fraction of sp³-hybridized carbons (Fsp3) is 0.500. The predicted octanol–water partition coefficient (Wildman–Crippen LogP) is -0.000600. The van der Waals surface area contributed by atoms with E-state index in [1.807, 2.05) is 0 Å². The Bertz CT molecular complexity index is 595. The van der Waals surface area contributed by atoms with Crippen molar-refractivity contribution in [3.63, 3.8) is 0 Å². The van der Waals surface area contributed by atoms with E-state index in [-0.39, 0.29) is 25.4 Å². The van der Waals surface area contributed by atoms with E-state index in [0.717, 1.165) is 0 Å². The molecule has 0 aliphatic heterocycles. The highest BCUT2D eigenvalue weighted by Gasteiger charge is 2.13. The van der Waals surface area contributed by atoms with Crippen molar-refractivity contribution in [2.45, 2.75) is 0 Å². The number of carbonyl (C=O) groups excluding carboxylic acids is 1. The standard InChI is InChI=1S/C14H22N2O6S/c1-20-6-4-16-23(18,19)7-5-15-14(17)11-8-12(21-2)10-13(9-11)22-3/h8-10,16H,4-7H2,1-3H3,(H,15,17). The van der Waals surface area contributed by atoms with E-state index in [4.69, 9.17) is 14.2 Å². The average Bonchev–Trinajstić information content (AvgIpc) is 2.54. The molecule has 0 aromatic heterocycles. The van der Waals surface area contributed by atoms with Crippen molar-refractivity contribution in [1.29, 1.82) is 0 Å². The summed E-state index contributed by atoms with van der Waals surface area (Å²) in [6.45, 7) is 0.468. The lowest BCUT2D eigenvalue weighted by molar-refractivity contribution is 0.0955. The number of benzene rings is 1. The van der Waals surface area contributed by atoms with Crippen molar-refractivity contribution in [2.75, 3.05) is 46.8 Å². The number of nitrogens with one attached hydrogen (secondary N) is 2. The van der Waals surface area contributed by atoms with Gasteiger partial charge in [0.2, 0.25) is 10.0 Å². The lowest BCUT2D eigenvalue weighted by atomic mass is 10.2. The lowest BCUT2D eigenvalue weighted by Crippen LogP contribution is -2.35. The first-order chi connectivity index (χ1) is 10.9. The molecule has 0 saturated carbocycles. The summed E-state index contributed by atoms with van der Waals surface area (Å²) < 4.78 is 40.6. The van der Waals surface area contributed by atoms with E-state index in [2.05, 4.69) is 10.0 Å². The molecule has 23 heavy (non-hydrogen) atoms. The molecular formula is C14H22N2O6S. The van der Waals surface area contributed by atoms with Gasteiger partial charge in [-0.3, -0.25) is 4.79 Å². The highest BCUT2D eigenvalue weighted by Crippen LogP contribution is 2.22. The monoisotopic (exact) mass is 346 g/mol. The topological polar surface area (TPSA) is 103 Å². The van der Waals surface area contributed by atoms with Crippen molar-refractivity contribution in [1.82, 2.24) is 10.0 Å². The van der Waals surface area contributed by atoms with Gasteiger partial charge in [0, 0.05) is 31.8 Å². The second-order valence-electron chi connectivity index (χ2n) is 4.56. The van der Waals surface area contributed by atoms with E-state index < -0.39 is 15.9 Å². The largest absolute Gasteiger partial charge is 0.497 e. The first-order valence-corrected chi connectivity index (χ1v) is 8.54. The molecule has 0 atom stereocenters. The van der Waals surface area contributed by atoms with Gasteiger partial charge in [-0.1, -0.05) is 0 Å². The predicted molar refractivity (Wildman–Crippen MR) is 85.5 cm³/mol. The normalized spacial score (nSPS) is 11.1. The molecule has 0 heterocycles. The summed E-state index contributed by atoms with van der Waals surface area (Å²) in [7, 11) is 0.993. The minimum absolute atomic E-state index is 0.0132. The number of carbonyl (C=O) groups is 1. The van der Waals surface area contributed by atoms with Crippen molar-refractivity contribution in [2.24, 2.45) is 0 Å². The molecule has 1 rings (SSSR count). The van der Waals surface area contributed by atoms with E-state index in [1.54, 1.807) is 18.2 Å². The molecule has 9 heteroatoms. The van der Waals surface area contributed by atoms with Gasteiger partial charge in [0.25, 0.3) is 5.91 Å². The summed E-state index contributed by atoms with van der Waals surface area (Å²) in [5.41, 5.74) is 0.325. The van der Waals surface area contributed by atoms with Crippen LogP contribution in [0.5, 0.6) is 11.5 Å². The minimum Gasteiger partial charge on any atom is -0.497 e. The summed E-state index contributed by atoms with van der Waals surface area (Å²) in [5.74, 6) is 0.324. The van der Waals surface area contributed by atoms with Gasteiger partial charge in [0.1, 0.15) is 11.5 Å². The number of ether oxygens (including phenoxy) is 3. The van der Waals surface area contributed by atoms with Crippen LogP contribution in [0, 0.1) is 0 Å². The van der Waals surface area contributed by atoms with Crippen LogP contribution < -0.4 is 19.5 Å². The van der Waals surface area contributed by atoms with Crippen LogP contribution in [0.15, 0.2) is 18.2 Å². The Labute approximate surface area is 136 Å². The molecule has 2 N–H and O–H groups in total. The Morgan fingerprint density at radius 2 is 1.65 bits per heavy atom. The van der Waals surface area contributed by atoms with Gasteiger partial charge in [-0.25, -0.2) is 13.1 Å². The van der Waals surface area contributed by atoms with Crippen LogP contribution in [0.2, 0.25) is 0 Å². The van der Waals surface area contributed by atoms with Crippen LogP contribution in [0.25, 0.3) is 0 Å². The molecule has 0 bridgehead atoms. The molecule has 1 aromatic rings. The number of rotatable bonds is 10. The van der Waals surface area contributed by atoms with E-state index >= 15 is 0 Å². The van der Waals surface area contributed by atoms with Gasteiger partial charge in [0.15, 0.2) is 0 Å². The Morgan fingerprint density at radius 1 is 1.04 bits per heavy atom. The van der Waals surface area contributed by atoms with Gasteiger partial charge < -0.3 is 19.5 Å². The van der Waals surface area contributed by atoms with Crippen molar-refractivity contribution < 1.29 is 27.4 Å². The average molecular weight is 346 g/mol. The third kappa shape index (κ3) is 6.85. The van der Waals surface area contributed by atoms with Crippen LogP contribution in [0.1, 0.15) is 10.4 Å². The number of methoxy groups -OCH3 is 3. The molecule has 1 aromatic carbocycles. The highest BCUT2D eigenvalue weighted by atomic mass is 32.2. The fourth-order valence-electron chi connectivity index (χ4n) is 1.71. The first-order valence-electron chi connectivity index (χ1n) is 6.89. The van der Waals surface area contributed by atoms with Gasteiger partial charge in [-0.15, -0.1) is 0 Å². The van der Waals surface area contributed by atoms with Crippen LogP contribution in [0.4, 0.5) is 0 Å². The summed E-state index contributed by atoms with van der Waals surface area (Å²) in [5, 5.41) is 2.55. The number of hydrogen-bond donors (Lipinski definition) is 2. The number of sulfonamides is 1. The molecule has 0 fully saturated rings. The maximum absolute atomic E-state index is 12.1. The Kier molecular flexibility index (Phi) is 7.79. The molecule has 1 amide bonds. The van der Waals surface area contributed by atoms with Gasteiger partial charge in [-0.2, -0.15) is 0 Å². The van der Waals surface area contributed by atoms with E-state index in [0.29, 0.717) is 17.1 Å². The fourth-order valence-corrected chi connectivity index (χ4v) is 2.62. The Balaban J connectivity index is 2.57. The smallest absolute Gasteiger partial charge is 0.251 e. The summed E-state index contributed by atoms with van der Waals surface area (Å²) >= 11 is 0. The maximum Gasteiger partial charge on any atom is 0.251 e. The first kappa shape index (κ1) is 19.2. The molecule has 0 spiro atoms. The second-order valence-corrected chi connectivity index (χ2v) is 6.49. The van der Waals surface area contributed by atoms with Crippen molar-refractivity contribution in [3.8, 4) is 11.5 Å². The third-order valence-electron chi connectivity index (χ3n) is 2.90. The maximum atomic E-state index is 12.1. The van der Waals surface area contributed by atoms with Crippen LogP contribution in [0.3, 0.4) is 0 Å². The van der Waals surface area contributed by atoms with Gasteiger partial charge in [-0.05, 0) is 12.1 Å². The Morgan fingerprint density at radius 3 is 2.17 bits per heavy atom. The number of amides is 1. The number of hydrogen-bond acceptors (Lipinski definition) is 6. The van der Waals surface area contributed by atoms with Crippen molar-refractivity contribution >= 4 is 15.9 Å². The second kappa shape index (κ2) is 9.33. The summed E-state index contributed by atoms with van der Waals surface area (Å²) in [6, 6.07) is 4.73. The molecule has 0 radical (unpaired) electrons. The summed E-state index contributed by atoms with van der Waals surface area (Å²) in [4.78, 5) is 12.1. The third-order valence-corrected chi connectivity index (χ3v) is 4.28. The summed E-state index contributed by atoms with van der Waals surface area (Å²) in [6.07, 6.45) is 0. The van der Waals surface area contributed by atoms with Crippen LogP contribution >= 0.6 is 0 Å². The van der Waals surface area contributed by atoms with Gasteiger partial charge in [0.05, 0.1) is 26.6 Å². The van der Waals surface area contributed by atoms with Crippen molar-refractivity contribution in [3.05, 3.63) is 23.8 Å². The molecule has 130 valence electrons. The zero-order chi connectivity index (χ0) is 17.3. The van der Waals surface area contributed by atoms with E-state index in [1.165, 1.54) is 21.3 Å². The quantitative estimate of drug-likeness (QED) is 0.578. The molecule has 0 unspecified atom stereocenters. The molecule has 0 aliphatic carbocycles. The molecule has 0 aliphatic rings. The SMILES string of the molecule is COCCNS(=O)(=O)CCNC(=O)c1cc(OC)cc(OC)c1. The Hall–Kier alpha value is -1.84. The minimum atomic E-state index is -3.45. The highest BCUT2D eigenvalue weighted by molar-refractivity contribution is 7.89. The zero-order valence-electron chi connectivity index (χ0n) is 13.4. The molecule has 0 saturated heterocycles.